The molecule has 0 saturated heterocycles. The normalized spacial score (nSPS) is 10.4. The molecule has 0 aliphatic heterocycles. The molecular weight excluding hydrogens is 225 g/mol. The minimum atomic E-state index is -0.562. The van der Waals surface area contributed by atoms with Crippen molar-refractivity contribution in [2.24, 2.45) is 5.73 Å². The Morgan fingerprint density at radius 1 is 1.41 bits per heavy atom. The third-order valence-electron chi connectivity index (χ3n) is 2.35. The zero-order chi connectivity index (χ0) is 12.8. The fraction of sp³-hybridized carbons (Fsp3) is 0.417. The second-order valence-electron chi connectivity index (χ2n) is 3.54. The summed E-state index contributed by atoms with van der Waals surface area (Å²) in [5.41, 5.74) is 6.22. The molecule has 0 aromatic heterocycles. The Balaban J connectivity index is 3.17. The fourth-order valence-electron chi connectivity index (χ4n) is 1.55. The third-order valence-corrected chi connectivity index (χ3v) is 2.35. The van der Waals surface area contributed by atoms with Crippen LogP contribution in [-0.4, -0.2) is 26.5 Å². The Morgan fingerprint density at radius 2 is 2.12 bits per heavy atom. The first-order valence-electron chi connectivity index (χ1n) is 5.22. The fourth-order valence-corrected chi connectivity index (χ4v) is 1.55. The van der Waals surface area contributed by atoms with E-state index in [1.165, 1.54) is 26.4 Å². The van der Waals surface area contributed by atoms with E-state index in [0.29, 0.717) is 11.1 Å². The number of carbonyl (C=O) groups excluding carboxylic acids is 1. The standard InChI is InChI=1S/C12H16FNO3/c1-16-7-8-5-12(17-2)10(13)6-9(8)11(15)3-4-14/h5-6H,3-4,7,14H2,1-2H3. The van der Waals surface area contributed by atoms with Crippen LogP contribution in [0.4, 0.5) is 4.39 Å². The second kappa shape index (κ2) is 6.32. The first-order chi connectivity index (χ1) is 8.13. The highest BCUT2D eigenvalue weighted by Gasteiger charge is 2.15. The predicted octanol–water partition coefficient (Wildman–Crippen LogP) is 1.51. The average Bonchev–Trinajstić information content (AvgIpc) is 2.31. The van der Waals surface area contributed by atoms with Crippen molar-refractivity contribution in [3.8, 4) is 5.75 Å². The summed E-state index contributed by atoms with van der Waals surface area (Å²) in [5.74, 6) is -0.657. The van der Waals surface area contributed by atoms with Gasteiger partial charge in [0.1, 0.15) is 0 Å². The Bertz CT molecular complexity index is 407. The molecule has 5 heteroatoms. The highest BCUT2D eigenvalue weighted by Crippen LogP contribution is 2.23. The first kappa shape index (κ1) is 13.6. The zero-order valence-corrected chi connectivity index (χ0v) is 9.96. The first-order valence-corrected chi connectivity index (χ1v) is 5.22. The van der Waals surface area contributed by atoms with Crippen LogP contribution >= 0.6 is 0 Å². The maximum Gasteiger partial charge on any atom is 0.165 e. The topological polar surface area (TPSA) is 61.5 Å². The van der Waals surface area contributed by atoms with Crippen LogP contribution in [0.15, 0.2) is 12.1 Å². The maximum atomic E-state index is 13.5. The van der Waals surface area contributed by atoms with Crippen LogP contribution in [0.5, 0.6) is 5.75 Å². The number of hydrogen-bond donors (Lipinski definition) is 1. The van der Waals surface area contributed by atoms with Crippen LogP contribution in [0.3, 0.4) is 0 Å². The van der Waals surface area contributed by atoms with Crippen LogP contribution in [0, 0.1) is 5.82 Å². The van der Waals surface area contributed by atoms with E-state index in [0.717, 1.165) is 0 Å². The third kappa shape index (κ3) is 3.25. The largest absolute Gasteiger partial charge is 0.494 e. The molecule has 0 fully saturated rings. The van der Waals surface area contributed by atoms with Crippen molar-refractivity contribution in [3.63, 3.8) is 0 Å². The number of methoxy groups -OCH3 is 2. The number of Topliss-reactive ketones (excluding diaryl/α,β-unsaturated/α-hetero) is 1. The van der Waals surface area contributed by atoms with Gasteiger partial charge in [-0.25, -0.2) is 4.39 Å². The van der Waals surface area contributed by atoms with Gasteiger partial charge in [0.05, 0.1) is 13.7 Å². The number of nitrogens with two attached hydrogens (primary N) is 1. The molecule has 94 valence electrons. The molecule has 4 nitrogen and oxygen atoms in total. The molecule has 1 aromatic rings. The smallest absolute Gasteiger partial charge is 0.165 e. The van der Waals surface area contributed by atoms with E-state index >= 15 is 0 Å². The molecule has 0 unspecified atom stereocenters. The molecule has 0 amide bonds. The summed E-state index contributed by atoms with van der Waals surface area (Å²) in [7, 11) is 2.88. The monoisotopic (exact) mass is 241 g/mol. The molecule has 0 spiro atoms. The van der Waals surface area contributed by atoms with Crippen molar-refractivity contribution < 1.29 is 18.7 Å². The van der Waals surface area contributed by atoms with Crippen LogP contribution in [-0.2, 0) is 11.3 Å². The highest BCUT2D eigenvalue weighted by atomic mass is 19.1. The zero-order valence-electron chi connectivity index (χ0n) is 9.96. The van der Waals surface area contributed by atoms with Crippen LogP contribution in [0.2, 0.25) is 0 Å². The van der Waals surface area contributed by atoms with Gasteiger partial charge in [0.2, 0.25) is 0 Å². The molecule has 0 heterocycles. The maximum absolute atomic E-state index is 13.5. The van der Waals surface area contributed by atoms with Gasteiger partial charge >= 0.3 is 0 Å². The lowest BCUT2D eigenvalue weighted by atomic mass is 10.0. The Morgan fingerprint density at radius 3 is 2.65 bits per heavy atom. The summed E-state index contributed by atoms with van der Waals surface area (Å²) in [5, 5.41) is 0. The van der Waals surface area contributed by atoms with Crippen LogP contribution in [0.1, 0.15) is 22.3 Å². The van der Waals surface area contributed by atoms with E-state index < -0.39 is 5.82 Å². The van der Waals surface area contributed by atoms with Gasteiger partial charge in [0.25, 0.3) is 0 Å². The molecular formula is C12H16FNO3. The van der Waals surface area contributed by atoms with E-state index in [4.69, 9.17) is 15.2 Å². The van der Waals surface area contributed by atoms with Gasteiger partial charge in [-0.1, -0.05) is 0 Å². The summed E-state index contributed by atoms with van der Waals surface area (Å²) in [4.78, 5) is 11.7. The molecule has 1 rings (SSSR count). The van der Waals surface area contributed by atoms with Crippen molar-refractivity contribution in [1.29, 1.82) is 0 Å². The van der Waals surface area contributed by atoms with Crippen molar-refractivity contribution in [2.45, 2.75) is 13.0 Å². The number of carbonyl (C=O) groups is 1. The van der Waals surface area contributed by atoms with Crippen molar-refractivity contribution in [3.05, 3.63) is 29.1 Å². The lowest BCUT2D eigenvalue weighted by Crippen LogP contribution is -2.11. The lowest BCUT2D eigenvalue weighted by molar-refractivity contribution is 0.0980. The molecule has 0 bridgehead atoms. The predicted molar refractivity (Wildman–Crippen MR) is 61.7 cm³/mol. The molecule has 0 saturated carbocycles. The Kier molecular flexibility index (Phi) is 5.06. The number of rotatable bonds is 6. The van der Waals surface area contributed by atoms with Gasteiger partial charge in [-0.15, -0.1) is 0 Å². The van der Waals surface area contributed by atoms with Gasteiger partial charge in [0.15, 0.2) is 17.3 Å². The Labute approximate surface area is 99.5 Å². The van der Waals surface area contributed by atoms with E-state index in [2.05, 4.69) is 0 Å². The van der Waals surface area contributed by atoms with Gasteiger partial charge in [-0.05, 0) is 24.2 Å². The van der Waals surface area contributed by atoms with Crippen LogP contribution < -0.4 is 10.5 Å². The summed E-state index contributed by atoms with van der Waals surface area (Å²) in [6.45, 7) is 0.460. The summed E-state index contributed by atoms with van der Waals surface area (Å²) >= 11 is 0. The average molecular weight is 241 g/mol. The minimum Gasteiger partial charge on any atom is -0.494 e. The summed E-state index contributed by atoms with van der Waals surface area (Å²) in [6, 6.07) is 2.65. The van der Waals surface area contributed by atoms with E-state index in [-0.39, 0.29) is 31.1 Å². The molecule has 17 heavy (non-hydrogen) atoms. The molecule has 1 aromatic carbocycles. The van der Waals surface area contributed by atoms with Crippen molar-refractivity contribution >= 4 is 5.78 Å². The highest BCUT2D eigenvalue weighted by molar-refractivity contribution is 5.97. The molecule has 0 aliphatic carbocycles. The number of ether oxygens (including phenoxy) is 2. The molecule has 0 radical (unpaired) electrons. The van der Waals surface area contributed by atoms with E-state index in [9.17, 15) is 9.18 Å². The van der Waals surface area contributed by atoms with Gasteiger partial charge in [0, 0.05) is 19.1 Å². The molecule has 2 N–H and O–H groups in total. The van der Waals surface area contributed by atoms with Crippen molar-refractivity contribution in [1.82, 2.24) is 0 Å². The van der Waals surface area contributed by atoms with Gasteiger partial charge in [-0.2, -0.15) is 0 Å². The summed E-state index contributed by atoms with van der Waals surface area (Å²) < 4.78 is 23.4. The Hall–Kier alpha value is -1.46. The number of ketones is 1. The SMILES string of the molecule is COCc1cc(OC)c(F)cc1C(=O)CCN. The number of benzene rings is 1. The second-order valence-corrected chi connectivity index (χ2v) is 3.54. The molecule has 0 atom stereocenters. The molecule has 0 aliphatic rings. The van der Waals surface area contributed by atoms with Gasteiger partial charge < -0.3 is 15.2 Å². The quantitative estimate of drug-likeness (QED) is 0.767. The van der Waals surface area contributed by atoms with Gasteiger partial charge in [-0.3, -0.25) is 4.79 Å². The minimum absolute atomic E-state index is 0.0985. The number of halogens is 1. The summed E-state index contributed by atoms with van der Waals surface area (Å²) in [6.07, 6.45) is 0.183. The van der Waals surface area contributed by atoms with Crippen molar-refractivity contribution in [2.75, 3.05) is 20.8 Å². The van der Waals surface area contributed by atoms with Crippen LogP contribution in [0.25, 0.3) is 0 Å². The van der Waals surface area contributed by atoms with E-state index in [1.54, 1.807) is 0 Å². The lowest BCUT2D eigenvalue weighted by Gasteiger charge is -2.10. The number of hydrogen-bond acceptors (Lipinski definition) is 4. The van der Waals surface area contributed by atoms with E-state index in [1.807, 2.05) is 0 Å².